The number of esters is 1. The molecule has 0 radical (unpaired) electrons. The van der Waals surface area contributed by atoms with Gasteiger partial charge in [0, 0.05) is 6.42 Å². The largest absolute Gasteiger partial charge is 0.490 e. The number of carbonyl (C=O) groups excluding carboxylic acids is 2. The Labute approximate surface area is 205 Å². The molecular weight excluding hydrogens is 472 g/mol. The van der Waals surface area contributed by atoms with Crippen LogP contribution in [0.5, 0.6) is 11.5 Å². The maximum absolute atomic E-state index is 12.8. The Balaban J connectivity index is 1.71. The van der Waals surface area contributed by atoms with Crippen molar-refractivity contribution in [3.8, 4) is 11.5 Å². The summed E-state index contributed by atoms with van der Waals surface area (Å²) < 4.78 is 11.4. The Bertz CT molecular complexity index is 1210. The predicted octanol–water partition coefficient (Wildman–Crippen LogP) is 1.11. The molecule has 1 atom stereocenters. The molecule has 190 valence electrons. The van der Waals surface area contributed by atoms with Gasteiger partial charge in [-0.15, -0.1) is 0 Å². The van der Waals surface area contributed by atoms with Crippen molar-refractivity contribution in [3.63, 3.8) is 0 Å². The molecule has 0 saturated carbocycles. The number of guanidine groups is 1. The molecular formula is C24H26N4O8. The number of ether oxygens (including phenoxy) is 2. The van der Waals surface area contributed by atoms with Crippen LogP contribution in [0.2, 0.25) is 0 Å². The molecule has 12 nitrogen and oxygen atoms in total. The van der Waals surface area contributed by atoms with Crippen LogP contribution in [-0.2, 0) is 27.2 Å². The maximum Gasteiger partial charge on any atom is 0.343 e. The first-order chi connectivity index (χ1) is 17.1. The number of carboxylic acid groups (broad SMARTS) is 2. The molecule has 0 fully saturated rings. The normalized spacial score (nSPS) is 13.6. The number of nitrogens with two attached hydrogens (primary N) is 2. The smallest absolute Gasteiger partial charge is 0.343 e. The zero-order valence-electron chi connectivity index (χ0n) is 19.2. The minimum absolute atomic E-state index is 0.0759. The lowest BCUT2D eigenvalue weighted by Gasteiger charge is -2.17. The van der Waals surface area contributed by atoms with E-state index in [1.807, 2.05) is 0 Å². The minimum Gasteiger partial charge on any atom is -0.490 e. The Kier molecular flexibility index (Phi) is 8.44. The van der Waals surface area contributed by atoms with Crippen LogP contribution in [0.1, 0.15) is 40.7 Å². The number of amides is 1. The third-order valence-corrected chi connectivity index (χ3v) is 5.28. The van der Waals surface area contributed by atoms with E-state index in [0.717, 1.165) is 5.56 Å². The minimum atomic E-state index is -1.51. The molecule has 0 spiro atoms. The monoisotopic (exact) mass is 498 g/mol. The van der Waals surface area contributed by atoms with E-state index in [1.165, 1.54) is 0 Å². The number of aryl methyl sites for hydroxylation is 2. The highest BCUT2D eigenvalue weighted by molar-refractivity contribution is 5.93. The number of nitrogens with zero attached hydrogens (tertiary/aromatic N) is 1. The first-order valence-corrected chi connectivity index (χ1v) is 11.1. The highest BCUT2D eigenvalue weighted by atomic mass is 16.6. The number of hydrogen-bond donors (Lipinski definition) is 5. The lowest BCUT2D eigenvalue weighted by atomic mass is 10.0. The van der Waals surface area contributed by atoms with Crippen molar-refractivity contribution in [1.82, 2.24) is 5.32 Å². The molecule has 2 aromatic carbocycles. The van der Waals surface area contributed by atoms with Gasteiger partial charge in [0.05, 0.1) is 24.3 Å². The highest BCUT2D eigenvalue weighted by Crippen LogP contribution is 2.32. The van der Waals surface area contributed by atoms with Crippen LogP contribution in [0.25, 0.3) is 0 Å². The van der Waals surface area contributed by atoms with E-state index in [-0.39, 0.29) is 24.6 Å². The number of aliphatic carboxylic acids is 2. The third-order valence-electron chi connectivity index (χ3n) is 5.28. The quantitative estimate of drug-likeness (QED) is 0.152. The van der Waals surface area contributed by atoms with Crippen molar-refractivity contribution in [1.29, 1.82) is 0 Å². The molecule has 12 heteroatoms. The van der Waals surface area contributed by atoms with Gasteiger partial charge in [-0.3, -0.25) is 9.59 Å². The van der Waals surface area contributed by atoms with Crippen molar-refractivity contribution < 1.29 is 38.9 Å². The molecule has 1 unspecified atom stereocenters. The van der Waals surface area contributed by atoms with Gasteiger partial charge in [-0.2, -0.15) is 0 Å². The molecule has 1 aliphatic heterocycles. The average molecular weight is 498 g/mol. The van der Waals surface area contributed by atoms with E-state index in [9.17, 15) is 19.2 Å². The summed E-state index contributed by atoms with van der Waals surface area (Å²) in [6.07, 6.45) is 0.546. The van der Waals surface area contributed by atoms with Gasteiger partial charge in [-0.05, 0) is 60.7 Å². The van der Waals surface area contributed by atoms with Crippen molar-refractivity contribution in [2.24, 2.45) is 16.5 Å². The Morgan fingerprint density at radius 1 is 1.08 bits per heavy atom. The summed E-state index contributed by atoms with van der Waals surface area (Å²) in [7, 11) is 0. The van der Waals surface area contributed by atoms with E-state index in [2.05, 4.69) is 10.3 Å². The van der Waals surface area contributed by atoms with Gasteiger partial charge in [0.2, 0.25) is 5.91 Å². The summed E-state index contributed by atoms with van der Waals surface area (Å²) in [5.74, 6) is -3.49. The Morgan fingerprint density at radius 3 is 2.56 bits per heavy atom. The van der Waals surface area contributed by atoms with Gasteiger partial charge in [0.1, 0.15) is 6.04 Å². The third kappa shape index (κ3) is 7.19. The molecule has 3 rings (SSSR count). The number of carbonyl (C=O) groups is 4. The SMILES string of the molecule is NC(N)=Nc1ccc2c(c1)CCCOc1cc(CCC(=O)NC(CC(=O)O)C(=O)O)ccc1OC2=O. The number of nitrogens with one attached hydrogen (secondary N) is 1. The van der Waals surface area contributed by atoms with Gasteiger partial charge in [-0.25, -0.2) is 14.6 Å². The van der Waals surface area contributed by atoms with Crippen LogP contribution in [0.3, 0.4) is 0 Å². The fourth-order valence-electron chi connectivity index (χ4n) is 3.61. The second-order valence-corrected chi connectivity index (χ2v) is 8.06. The summed E-state index contributed by atoms with van der Waals surface area (Å²) >= 11 is 0. The van der Waals surface area contributed by atoms with Gasteiger partial charge in [0.15, 0.2) is 17.5 Å². The molecule has 2 aromatic rings. The fraction of sp³-hybridized carbons (Fsp3) is 0.292. The standard InChI is InChI=1S/C24H26N4O8/c25-24(26)27-15-5-6-16-14(11-15)2-1-9-35-19-10-13(3-7-18(19)36-23(16)34)4-8-20(29)28-17(22(32)33)12-21(30)31/h3,5-7,10-11,17H,1-2,4,8-9,12H2,(H,28,29)(H,30,31)(H,32,33)(H4,25,26,27). The molecule has 36 heavy (non-hydrogen) atoms. The van der Waals surface area contributed by atoms with E-state index < -0.39 is 36.3 Å². The number of hydrogen-bond acceptors (Lipinski definition) is 7. The average Bonchev–Trinajstić information content (AvgIpc) is 2.80. The van der Waals surface area contributed by atoms with E-state index in [4.69, 9.17) is 31.2 Å². The summed E-state index contributed by atoms with van der Waals surface area (Å²) in [6.45, 7) is 0.329. The summed E-state index contributed by atoms with van der Waals surface area (Å²) in [4.78, 5) is 50.9. The van der Waals surface area contributed by atoms with Crippen molar-refractivity contribution in [2.45, 2.75) is 38.1 Å². The molecule has 0 aliphatic carbocycles. The summed E-state index contributed by atoms with van der Waals surface area (Å²) in [5.41, 5.74) is 13.2. The predicted molar refractivity (Wildman–Crippen MR) is 127 cm³/mol. The molecule has 0 aromatic heterocycles. The number of rotatable bonds is 8. The van der Waals surface area contributed by atoms with E-state index in [0.29, 0.717) is 42.0 Å². The molecule has 1 heterocycles. The van der Waals surface area contributed by atoms with Crippen LogP contribution in [0.4, 0.5) is 5.69 Å². The van der Waals surface area contributed by atoms with Gasteiger partial charge in [0.25, 0.3) is 0 Å². The number of benzene rings is 2. The zero-order chi connectivity index (χ0) is 26.2. The number of fused-ring (bicyclic) bond motifs is 2. The molecule has 1 aliphatic rings. The van der Waals surface area contributed by atoms with Crippen molar-refractivity contribution >= 4 is 35.5 Å². The van der Waals surface area contributed by atoms with Crippen LogP contribution in [-0.4, -0.2) is 52.6 Å². The number of aliphatic imine (C=N–C) groups is 1. The first-order valence-electron chi connectivity index (χ1n) is 11.1. The zero-order valence-corrected chi connectivity index (χ0v) is 19.2. The van der Waals surface area contributed by atoms with Crippen molar-refractivity contribution in [2.75, 3.05) is 6.61 Å². The van der Waals surface area contributed by atoms with Crippen LogP contribution in [0, 0.1) is 0 Å². The van der Waals surface area contributed by atoms with Crippen LogP contribution >= 0.6 is 0 Å². The van der Waals surface area contributed by atoms with E-state index in [1.54, 1.807) is 36.4 Å². The van der Waals surface area contributed by atoms with Crippen LogP contribution < -0.4 is 26.3 Å². The second-order valence-electron chi connectivity index (χ2n) is 8.06. The Hall–Kier alpha value is -4.61. The molecule has 7 N–H and O–H groups in total. The highest BCUT2D eigenvalue weighted by Gasteiger charge is 2.23. The van der Waals surface area contributed by atoms with E-state index >= 15 is 0 Å². The fourth-order valence-corrected chi connectivity index (χ4v) is 3.61. The van der Waals surface area contributed by atoms with Crippen LogP contribution in [0.15, 0.2) is 41.4 Å². The topological polar surface area (TPSA) is 204 Å². The molecule has 0 bridgehead atoms. The summed E-state index contributed by atoms with van der Waals surface area (Å²) in [5, 5.41) is 20.0. The first kappa shape index (κ1) is 26.0. The van der Waals surface area contributed by atoms with Gasteiger partial charge < -0.3 is 36.5 Å². The Morgan fingerprint density at radius 2 is 1.86 bits per heavy atom. The molecule has 1 amide bonds. The number of carboxylic acids is 2. The maximum atomic E-state index is 12.8. The second kappa shape index (κ2) is 11.7. The van der Waals surface area contributed by atoms with Gasteiger partial charge >= 0.3 is 17.9 Å². The van der Waals surface area contributed by atoms with Crippen molar-refractivity contribution in [3.05, 3.63) is 53.1 Å². The lowest BCUT2D eigenvalue weighted by molar-refractivity contribution is -0.147. The molecule has 0 saturated heterocycles. The van der Waals surface area contributed by atoms with Gasteiger partial charge in [-0.1, -0.05) is 6.07 Å². The lowest BCUT2D eigenvalue weighted by Crippen LogP contribution is -2.42. The summed E-state index contributed by atoms with van der Waals surface area (Å²) in [6, 6.07) is 8.28.